The van der Waals surface area contributed by atoms with E-state index in [4.69, 9.17) is 9.47 Å². The maximum absolute atomic E-state index is 11.3. The van der Waals surface area contributed by atoms with Crippen LogP contribution in [0.5, 0.6) is 11.5 Å². The average Bonchev–Trinajstić information content (AvgIpc) is 3.16. The quantitative estimate of drug-likeness (QED) is 0.851. The van der Waals surface area contributed by atoms with Gasteiger partial charge in [-0.1, -0.05) is 6.07 Å². The molecule has 0 bridgehead atoms. The van der Waals surface area contributed by atoms with Crippen molar-refractivity contribution in [3.63, 3.8) is 0 Å². The maximum Gasteiger partial charge on any atom is 0.306 e. The first-order valence-corrected chi connectivity index (χ1v) is 9.24. The van der Waals surface area contributed by atoms with E-state index < -0.39 is 5.97 Å². The summed E-state index contributed by atoms with van der Waals surface area (Å²) in [6.45, 7) is 1.50. The number of methoxy groups -OCH3 is 2. The minimum atomic E-state index is -0.689. The third-order valence-corrected chi connectivity index (χ3v) is 5.71. The summed E-state index contributed by atoms with van der Waals surface area (Å²) in [7, 11) is 3.33. The van der Waals surface area contributed by atoms with Crippen molar-refractivity contribution in [3.05, 3.63) is 46.2 Å². The topological polar surface area (TPSA) is 59.0 Å². The van der Waals surface area contributed by atoms with Gasteiger partial charge in [-0.2, -0.15) is 0 Å². The Balaban J connectivity index is 1.96. The van der Waals surface area contributed by atoms with Gasteiger partial charge in [0, 0.05) is 10.4 Å². The van der Waals surface area contributed by atoms with E-state index >= 15 is 0 Å². The fourth-order valence-corrected chi connectivity index (χ4v) is 4.31. The van der Waals surface area contributed by atoms with Crippen LogP contribution in [-0.2, 0) is 4.79 Å². The molecule has 2 aromatic rings. The number of nitrogens with zero attached hydrogens (tertiary/aromatic N) is 1. The average molecular weight is 361 g/mol. The summed E-state index contributed by atoms with van der Waals surface area (Å²) in [6, 6.07) is 10.1. The Morgan fingerprint density at radius 2 is 2.00 bits per heavy atom. The summed E-state index contributed by atoms with van der Waals surface area (Å²) < 4.78 is 11.0. The number of aliphatic carboxylic acids is 1. The molecule has 1 aromatic carbocycles. The molecular weight excluding hydrogens is 338 g/mol. The van der Waals surface area contributed by atoms with E-state index in [1.54, 1.807) is 25.6 Å². The largest absolute Gasteiger partial charge is 0.497 e. The Hall–Kier alpha value is -2.05. The van der Waals surface area contributed by atoms with Crippen molar-refractivity contribution >= 4 is 17.3 Å². The molecular formula is C19H23NO4S. The van der Waals surface area contributed by atoms with Gasteiger partial charge >= 0.3 is 5.97 Å². The summed E-state index contributed by atoms with van der Waals surface area (Å²) in [5.41, 5.74) is 1.05. The Bertz CT molecular complexity index is 708. The van der Waals surface area contributed by atoms with Gasteiger partial charge < -0.3 is 14.6 Å². The highest BCUT2D eigenvalue weighted by Crippen LogP contribution is 2.40. The molecule has 5 nitrogen and oxygen atoms in total. The van der Waals surface area contributed by atoms with Crippen LogP contribution in [-0.4, -0.2) is 43.3 Å². The third kappa shape index (κ3) is 3.80. The van der Waals surface area contributed by atoms with E-state index in [9.17, 15) is 9.90 Å². The van der Waals surface area contributed by atoms with Crippen molar-refractivity contribution < 1.29 is 19.4 Å². The molecule has 25 heavy (non-hydrogen) atoms. The SMILES string of the molecule is COc1ccc(OC)c(C(c2cccs2)N2CCC(C(=O)O)CC2)c1. The van der Waals surface area contributed by atoms with Crippen molar-refractivity contribution in [1.82, 2.24) is 4.90 Å². The zero-order chi connectivity index (χ0) is 17.8. The molecule has 1 atom stereocenters. The fourth-order valence-electron chi connectivity index (χ4n) is 3.43. The normalized spacial score (nSPS) is 17.2. The smallest absolute Gasteiger partial charge is 0.306 e. The van der Waals surface area contributed by atoms with Crippen LogP contribution < -0.4 is 9.47 Å². The number of carboxylic acids is 1. The van der Waals surface area contributed by atoms with Gasteiger partial charge in [-0.25, -0.2) is 0 Å². The summed E-state index contributed by atoms with van der Waals surface area (Å²) in [5.74, 6) is 0.677. The number of thiophene rings is 1. The summed E-state index contributed by atoms with van der Waals surface area (Å²) in [4.78, 5) is 14.8. The summed E-state index contributed by atoms with van der Waals surface area (Å²) >= 11 is 1.70. The van der Waals surface area contributed by atoms with Crippen molar-refractivity contribution in [2.24, 2.45) is 5.92 Å². The number of piperidine rings is 1. The van der Waals surface area contributed by atoms with E-state index in [1.807, 2.05) is 24.3 Å². The van der Waals surface area contributed by atoms with Crippen LogP contribution in [0.2, 0.25) is 0 Å². The van der Waals surface area contributed by atoms with Gasteiger partial charge in [0.15, 0.2) is 0 Å². The second-order valence-electron chi connectivity index (χ2n) is 6.17. The van der Waals surface area contributed by atoms with Crippen LogP contribution in [0.15, 0.2) is 35.7 Å². The number of likely N-dealkylation sites (tertiary alicyclic amines) is 1. The number of rotatable bonds is 6. The highest BCUT2D eigenvalue weighted by molar-refractivity contribution is 7.10. The van der Waals surface area contributed by atoms with Crippen molar-refractivity contribution in [2.45, 2.75) is 18.9 Å². The van der Waals surface area contributed by atoms with E-state index in [0.29, 0.717) is 12.8 Å². The first-order chi connectivity index (χ1) is 12.1. The van der Waals surface area contributed by atoms with Crippen LogP contribution >= 0.6 is 11.3 Å². The third-order valence-electron chi connectivity index (χ3n) is 4.79. The zero-order valence-corrected chi connectivity index (χ0v) is 15.3. The van der Waals surface area contributed by atoms with Gasteiger partial charge in [-0.3, -0.25) is 9.69 Å². The Morgan fingerprint density at radius 1 is 1.24 bits per heavy atom. The number of carbonyl (C=O) groups is 1. The lowest BCUT2D eigenvalue weighted by atomic mass is 9.93. The van der Waals surface area contributed by atoms with Crippen LogP contribution in [0.1, 0.15) is 29.3 Å². The summed E-state index contributed by atoms with van der Waals surface area (Å²) in [5, 5.41) is 11.3. The molecule has 134 valence electrons. The van der Waals surface area contributed by atoms with Crippen molar-refractivity contribution in [1.29, 1.82) is 0 Å². The maximum atomic E-state index is 11.3. The predicted molar refractivity (Wildman–Crippen MR) is 97.6 cm³/mol. The fraction of sp³-hybridized carbons (Fsp3) is 0.421. The molecule has 0 spiro atoms. The van der Waals surface area contributed by atoms with Crippen LogP contribution in [0.3, 0.4) is 0 Å². The van der Waals surface area contributed by atoms with Crippen molar-refractivity contribution in [3.8, 4) is 11.5 Å². The Kier molecular flexibility index (Phi) is 5.60. The van der Waals surface area contributed by atoms with Gasteiger partial charge in [-0.15, -0.1) is 11.3 Å². The van der Waals surface area contributed by atoms with Crippen LogP contribution in [0.25, 0.3) is 0 Å². The molecule has 2 heterocycles. The number of hydrogen-bond donors (Lipinski definition) is 1. The second-order valence-corrected chi connectivity index (χ2v) is 7.15. The molecule has 1 aliphatic rings. The highest BCUT2D eigenvalue weighted by Gasteiger charge is 2.32. The van der Waals surface area contributed by atoms with E-state index in [-0.39, 0.29) is 12.0 Å². The number of hydrogen-bond acceptors (Lipinski definition) is 5. The molecule has 0 saturated carbocycles. The number of ether oxygens (including phenoxy) is 2. The standard InChI is InChI=1S/C19H23NO4S/c1-23-14-5-6-16(24-2)15(12-14)18(17-4-3-11-25-17)20-9-7-13(8-10-20)19(21)22/h3-6,11-13,18H,7-10H2,1-2H3,(H,21,22). The van der Waals surface area contributed by atoms with E-state index in [0.717, 1.165) is 30.2 Å². The highest BCUT2D eigenvalue weighted by atomic mass is 32.1. The molecule has 0 amide bonds. The minimum absolute atomic E-state index is 0.0415. The van der Waals surface area contributed by atoms with Crippen LogP contribution in [0.4, 0.5) is 0 Å². The molecule has 3 rings (SSSR count). The number of carboxylic acid groups (broad SMARTS) is 1. The second kappa shape index (κ2) is 7.89. The Morgan fingerprint density at radius 3 is 2.56 bits per heavy atom. The number of benzene rings is 1. The molecule has 1 aliphatic heterocycles. The van der Waals surface area contributed by atoms with Crippen molar-refractivity contribution in [2.75, 3.05) is 27.3 Å². The van der Waals surface area contributed by atoms with Gasteiger partial charge in [0.25, 0.3) is 0 Å². The molecule has 0 radical (unpaired) electrons. The zero-order valence-electron chi connectivity index (χ0n) is 14.5. The summed E-state index contributed by atoms with van der Waals surface area (Å²) in [6.07, 6.45) is 1.34. The minimum Gasteiger partial charge on any atom is -0.497 e. The lowest BCUT2D eigenvalue weighted by molar-refractivity contribution is -0.143. The van der Waals surface area contributed by atoms with Gasteiger partial charge in [-0.05, 0) is 55.6 Å². The first kappa shape index (κ1) is 17.8. The Labute approximate surface area is 151 Å². The van der Waals surface area contributed by atoms with E-state index in [1.165, 1.54) is 4.88 Å². The van der Waals surface area contributed by atoms with Gasteiger partial charge in [0.05, 0.1) is 26.2 Å². The van der Waals surface area contributed by atoms with Gasteiger partial charge in [0.1, 0.15) is 11.5 Å². The molecule has 1 unspecified atom stereocenters. The lowest BCUT2D eigenvalue weighted by Crippen LogP contribution is -2.39. The predicted octanol–water partition coefficient (Wildman–Crippen LogP) is 3.65. The molecule has 1 saturated heterocycles. The lowest BCUT2D eigenvalue weighted by Gasteiger charge is -2.37. The molecule has 0 aliphatic carbocycles. The van der Waals surface area contributed by atoms with Gasteiger partial charge in [0.2, 0.25) is 0 Å². The van der Waals surface area contributed by atoms with Crippen LogP contribution in [0, 0.1) is 5.92 Å². The molecule has 1 aromatic heterocycles. The molecule has 6 heteroatoms. The molecule has 1 fully saturated rings. The first-order valence-electron chi connectivity index (χ1n) is 8.36. The monoisotopic (exact) mass is 361 g/mol. The van der Waals surface area contributed by atoms with E-state index in [2.05, 4.69) is 16.3 Å². The molecule has 1 N–H and O–H groups in total.